The molecule has 0 bridgehead atoms. The molecule has 0 aliphatic carbocycles. The Morgan fingerprint density at radius 1 is 0.957 bits per heavy atom. The molecule has 4 nitrogen and oxygen atoms in total. The summed E-state index contributed by atoms with van der Waals surface area (Å²) < 4.78 is 15.7. The zero-order chi connectivity index (χ0) is 16.7. The van der Waals surface area contributed by atoms with Gasteiger partial charge >= 0.3 is 0 Å². The van der Waals surface area contributed by atoms with Crippen molar-refractivity contribution < 1.29 is 19.0 Å². The zero-order valence-corrected chi connectivity index (χ0v) is 13.5. The molecule has 0 fully saturated rings. The molecule has 0 spiro atoms. The maximum absolute atomic E-state index is 12.3. The van der Waals surface area contributed by atoms with E-state index < -0.39 is 0 Å². The number of methoxy groups -OCH3 is 2. The molecule has 23 heavy (non-hydrogen) atoms. The Kier molecular flexibility index (Phi) is 5.80. The minimum absolute atomic E-state index is 0.115. The van der Waals surface area contributed by atoms with Crippen LogP contribution in [0.3, 0.4) is 0 Å². The molecule has 0 aromatic heterocycles. The van der Waals surface area contributed by atoms with Gasteiger partial charge in [-0.3, -0.25) is 4.79 Å². The van der Waals surface area contributed by atoms with Crippen LogP contribution in [0, 0.1) is 0 Å². The minimum atomic E-state index is -0.115. The lowest BCUT2D eigenvalue weighted by Gasteiger charge is -2.06. The lowest BCUT2D eigenvalue weighted by Crippen LogP contribution is -1.97. The van der Waals surface area contributed by atoms with Crippen molar-refractivity contribution in [3.05, 3.63) is 59.7 Å². The van der Waals surface area contributed by atoms with Crippen LogP contribution in [0.25, 0.3) is 6.08 Å². The van der Waals surface area contributed by atoms with Crippen LogP contribution in [0.5, 0.6) is 17.2 Å². The fraction of sp³-hybridized carbons (Fsp3) is 0.211. The molecular weight excluding hydrogens is 292 g/mol. The zero-order valence-electron chi connectivity index (χ0n) is 13.5. The Labute approximate surface area is 136 Å². The maximum Gasteiger partial charge on any atom is 0.186 e. The molecule has 0 aliphatic heterocycles. The van der Waals surface area contributed by atoms with Crippen LogP contribution in [-0.4, -0.2) is 26.6 Å². The summed E-state index contributed by atoms with van der Waals surface area (Å²) in [6.07, 6.45) is 3.30. The molecule has 0 heterocycles. The Hall–Kier alpha value is -2.75. The molecule has 4 heteroatoms. The summed E-state index contributed by atoms with van der Waals surface area (Å²) in [7, 11) is 3.11. The van der Waals surface area contributed by atoms with Crippen molar-refractivity contribution in [1.82, 2.24) is 0 Å². The molecule has 2 aromatic rings. The van der Waals surface area contributed by atoms with Crippen molar-refractivity contribution >= 4 is 11.9 Å². The van der Waals surface area contributed by atoms with E-state index in [4.69, 9.17) is 14.2 Å². The number of rotatable bonds is 7. The van der Waals surface area contributed by atoms with E-state index >= 15 is 0 Å². The van der Waals surface area contributed by atoms with Crippen molar-refractivity contribution in [3.8, 4) is 17.2 Å². The summed E-state index contributed by atoms with van der Waals surface area (Å²) >= 11 is 0. The highest BCUT2D eigenvalue weighted by Crippen LogP contribution is 2.23. The van der Waals surface area contributed by atoms with Crippen molar-refractivity contribution in [2.75, 3.05) is 20.8 Å². The van der Waals surface area contributed by atoms with Crippen LogP contribution in [0.2, 0.25) is 0 Å². The molecule has 0 aliphatic rings. The first-order valence-corrected chi connectivity index (χ1v) is 7.34. The molecule has 2 aromatic carbocycles. The predicted molar refractivity (Wildman–Crippen MR) is 90.5 cm³/mol. The third kappa shape index (κ3) is 4.61. The van der Waals surface area contributed by atoms with Gasteiger partial charge in [-0.05, 0) is 42.8 Å². The number of carbonyl (C=O) groups is 1. The first kappa shape index (κ1) is 16.6. The Bertz CT molecular complexity index is 665. The van der Waals surface area contributed by atoms with E-state index in [0.717, 1.165) is 11.3 Å². The monoisotopic (exact) mass is 312 g/mol. The summed E-state index contributed by atoms with van der Waals surface area (Å²) in [5.74, 6) is 1.87. The van der Waals surface area contributed by atoms with Gasteiger partial charge in [0.1, 0.15) is 17.2 Å². The number of ether oxygens (including phenoxy) is 3. The van der Waals surface area contributed by atoms with Crippen LogP contribution in [-0.2, 0) is 0 Å². The van der Waals surface area contributed by atoms with Gasteiger partial charge in [-0.25, -0.2) is 0 Å². The minimum Gasteiger partial charge on any atom is -0.497 e. The van der Waals surface area contributed by atoms with E-state index in [-0.39, 0.29) is 5.78 Å². The maximum atomic E-state index is 12.3. The molecule has 120 valence electrons. The summed E-state index contributed by atoms with van der Waals surface area (Å²) in [4.78, 5) is 12.3. The first-order chi connectivity index (χ1) is 11.2. The van der Waals surface area contributed by atoms with Gasteiger partial charge in [0.25, 0.3) is 0 Å². The molecule has 0 atom stereocenters. The first-order valence-electron chi connectivity index (χ1n) is 7.34. The average molecular weight is 312 g/mol. The molecule has 0 unspecified atom stereocenters. The van der Waals surface area contributed by atoms with Crippen molar-refractivity contribution in [3.63, 3.8) is 0 Å². The van der Waals surface area contributed by atoms with Gasteiger partial charge in [0.15, 0.2) is 5.78 Å². The van der Waals surface area contributed by atoms with Crippen LogP contribution in [0.1, 0.15) is 22.8 Å². The van der Waals surface area contributed by atoms with Crippen LogP contribution in [0.15, 0.2) is 48.5 Å². The predicted octanol–water partition coefficient (Wildman–Crippen LogP) is 4.00. The van der Waals surface area contributed by atoms with E-state index in [1.54, 1.807) is 38.5 Å². The van der Waals surface area contributed by atoms with Crippen molar-refractivity contribution in [1.29, 1.82) is 0 Å². The standard InChI is InChI=1S/C19H20O4/c1-4-23-16-8-5-14(6-9-16)7-10-19(20)15-11-17(21-2)13-18(12-15)22-3/h5-13H,4H2,1-3H3/b10-7+. The smallest absolute Gasteiger partial charge is 0.186 e. The highest BCUT2D eigenvalue weighted by molar-refractivity contribution is 6.07. The molecule has 0 N–H and O–H groups in total. The van der Waals surface area contributed by atoms with E-state index in [2.05, 4.69) is 0 Å². The molecule has 0 radical (unpaired) electrons. The molecule has 0 amide bonds. The van der Waals surface area contributed by atoms with Gasteiger partial charge in [-0.2, -0.15) is 0 Å². The normalized spacial score (nSPS) is 10.6. The van der Waals surface area contributed by atoms with Gasteiger partial charge in [-0.1, -0.05) is 18.2 Å². The second-order valence-electron chi connectivity index (χ2n) is 4.80. The van der Waals surface area contributed by atoms with Gasteiger partial charge in [0, 0.05) is 11.6 Å². The number of benzene rings is 2. The third-order valence-electron chi connectivity index (χ3n) is 3.25. The number of allylic oxidation sites excluding steroid dienone is 1. The molecule has 2 rings (SSSR count). The molecule has 0 saturated carbocycles. The highest BCUT2D eigenvalue weighted by Gasteiger charge is 2.07. The average Bonchev–Trinajstić information content (AvgIpc) is 2.60. The van der Waals surface area contributed by atoms with Crippen LogP contribution >= 0.6 is 0 Å². The lowest BCUT2D eigenvalue weighted by molar-refractivity contribution is 0.104. The van der Waals surface area contributed by atoms with Crippen molar-refractivity contribution in [2.24, 2.45) is 0 Å². The van der Waals surface area contributed by atoms with Gasteiger partial charge in [0.2, 0.25) is 0 Å². The van der Waals surface area contributed by atoms with Gasteiger partial charge in [0.05, 0.1) is 20.8 Å². The van der Waals surface area contributed by atoms with E-state index in [1.807, 2.05) is 31.2 Å². The summed E-state index contributed by atoms with van der Waals surface area (Å²) in [5, 5.41) is 0. The Morgan fingerprint density at radius 2 is 1.57 bits per heavy atom. The second-order valence-corrected chi connectivity index (χ2v) is 4.80. The number of hydrogen-bond acceptors (Lipinski definition) is 4. The third-order valence-corrected chi connectivity index (χ3v) is 3.25. The van der Waals surface area contributed by atoms with Crippen molar-refractivity contribution in [2.45, 2.75) is 6.92 Å². The lowest BCUT2D eigenvalue weighted by atomic mass is 10.1. The van der Waals surface area contributed by atoms with Gasteiger partial charge < -0.3 is 14.2 Å². The summed E-state index contributed by atoms with van der Waals surface area (Å²) in [6.45, 7) is 2.57. The SMILES string of the molecule is CCOc1ccc(/C=C/C(=O)c2cc(OC)cc(OC)c2)cc1. The van der Waals surface area contributed by atoms with E-state index in [1.165, 1.54) is 6.08 Å². The fourth-order valence-corrected chi connectivity index (χ4v) is 2.06. The summed E-state index contributed by atoms with van der Waals surface area (Å²) in [5.41, 5.74) is 1.44. The van der Waals surface area contributed by atoms with E-state index in [9.17, 15) is 4.79 Å². The molecule has 0 saturated heterocycles. The van der Waals surface area contributed by atoms with Crippen LogP contribution in [0.4, 0.5) is 0 Å². The van der Waals surface area contributed by atoms with Gasteiger partial charge in [-0.15, -0.1) is 0 Å². The number of ketones is 1. The quantitative estimate of drug-likeness (QED) is 0.572. The Balaban J connectivity index is 2.14. The number of carbonyl (C=O) groups excluding carboxylic acids is 1. The summed E-state index contributed by atoms with van der Waals surface area (Å²) in [6, 6.07) is 12.7. The largest absolute Gasteiger partial charge is 0.497 e. The molecular formula is C19H20O4. The van der Waals surface area contributed by atoms with E-state index in [0.29, 0.717) is 23.7 Å². The second kappa shape index (κ2) is 8.03. The topological polar surface area (TPSA) is 44.8 Å². The number of hydrogen-bond donors (Lipinski definition) is 0. The fourth-order valence-electron chi connectivity index (χ4n) is 2.06. The Morgan fingerprint density at radius 3 is 2.09 bits per heavy atom. The van der Waals surface area contributed by atoms with Crippen LogP contribution < -0.4 is 14.2 Å². The highest BCUT2D eigenvalue weighted by atomic mass is 16.5.